The molecule has 0 unspecified atom stereocenters. The zero-order chi connectivity index (χ0) is 8.27. The minimum Gasteiger partial charge on any atom is -1.00 e. The van der Waals surface area contributed by atoms with Crippen molar-refractivity contribution in [1.82, 2.24) is 0 Å². The number of hydrogen-bond acceptors (Lipinski definition) is 2. The molecule has 9 nitrogen and oxygen atoms in total. The Morgan fingerprint density at radius 3 is 1.61 bits per heavy atom. The minimum absolute atomic E-state index is 0. The summed E-state index contributed by atoms with van der Waals surface area (Å²) in [5.74, 6) is 0.0785. The molecule has 0 spiro atoms. The van der Waals surface area contributed by atoms with Crippen LogP contribution in [0, 0.1) is 0 Å². The van der Waals surface area contributed by atoms with Gasteiger partial charge in [-0.3, -0.25) is 4.79 Å². The van der Waals surface area contributed by atoms with E-state index in [9.17, 15) is 4.79 Å². The Morgan fingerprint density at radius 2 is 1.33 bits per heavy atom. The summed E-state index contributed by atoms with van der Waals surface area (Å²) in [6.07, 6.45) is 0. The third-order valence-electron chi connectivity index (χ3n) is 1.19. The number of carbonyl (C=O) groups is 1. The first-order valence-corrected chi connectivity index (χ1v) is 3.25. The normalized spacial score (nSPS) is 5.61. The van der Waals surface area contributed by atoms with Crippen LogP contribution in [-0.4, -0.2) is 43.9 Å². The van der Waals surface area contributed by atoms with E-state index in [2.05, 4.69) is 5.32 Å². The van der Waals surface area contributed by atoms with Gasteiger partial charge in [0.15, 0.2) is 0 Å². The molecule has 18 heavy (non-hydrogen) atoms. The van der Waals surface area contributed by atoms with E-state index in [1.165, 1.54) is 19.1 Å². The van der Waals surface area contributed by atoms with Crippen LogP contribution in [0.1, 0.15) is 8.35 Å². The zero-order valence-corrected chi connectivity index (χ0v) is 12.2. The van der Waals surface area contributed by atoms with Gasteiger partial charge in [0.25, 0.3) is 0 Å². The number of rotatable bonds is 1. The number of phenolic OH excluding ortho intramolecular Hbond substituents is 1. The number of aromatic hydroxyl groups is 1. The molecular formula is C8H22NNaO8. The van der Waals surface area contributed by atoms with Gasteiger partial charge < -0.3 is 44.7 Å². The van der Waals surface area contributed by atoms with Crippen LogP contribution in [0.5, 0.6) is 5.75 Å². The SMILES string of the molecule is CC(=O)Nc1ccc(O)cc1.O.O.O.O.O.O.[H-].[Na+]. The third-order valence-corrected chi connectivity index (χ3v) is 1.19. The fourth-order valence-electron chi connectivity index (χ4n) is 0.748. The number of benzene rings is 1. The molecule has 0 aliphatic rings. The first-order valence-electron chi connectivity index (χ1n) is 3.25. The van der Waals surface area contributed by atoms with Crippen molar-refractivity contribution in [3.8, 4) is 5.75 Å². The molecule has 108 valence electrons. The number of carbonyl (C=O) groups excluding carboxylic acids is 1. The van der Waals surface area contributed by atoms with Crippen LogP contribution >= 0.6 is 0 Å². The summed E-state index contributed by atoms with van der Waals surface area (Å²) in [6.45, 7) is 1.44. The van der Waals surface area contributed by atoms with Crippen LogP contribution in [-0.2, 0) is 4.79 Å². The Hall–Kier alpha value is -0.750. The Labute approximate surface area is 127 Å². The molecule has 14 N–H and O–H groups in total. The topological polar surface area (TPSA) is 238 Å². The molecule has 0 aromatic heterocycles. The van der Waals surface area contributed by atoms with Crippen molar-refractivity contribution < 1.29 is 73.7 Å². The summed E-state index contributed by atoms with van der Waals surface area (Å²) < 4.78 is 0. The first-order chi connectivity index (χ1) is 5.18. The Bertz CT molecular complexity index is 274. The predicted octanol–water partition coefficient (Wildman–Crippen LogP) is -6.48. The zero-order valence-electron chi connectivity index (χ0n) is 11.2. The van der Waals surface area contributed by atoms with Crippen LogP contribution in [0.25, 0.3) is 0 Å². The van der Waals surface area contributed by atoms with Crippen molar-refractivity contribution in [2.75, 3.05) is 5.32 Å². The molecule has 10 heteroatoms. The molecular weight excluding hydrogens is 261 g/mol. The fraction of sp³-hybridized carbons (Fsp3) is 0.125. The van der Waals surface area contributed by atoms with Crippen LogP contribution in [0.3, 0.4) is 0 Å². The van der Waals surface area contributed by atoms with E-state index < -0.39 is 0 Å². The van der Waals surface area contributed by atoms with Gasteiger partial charge in [0.05, 0.1) is 0 Å². The molecule has 0 atom stereocenters. The van der Waals surface area contributed by atoms with Crippen molar-refractivity contribution >= 4 is 11.6 Å². The predicted molar refractivity (Wildman–Crippen MR) is 65.2 cm³/mol. The summed E-state index contributed by atoms with van der Waals surface area (Å²) in [4.78, 5) is 10.5. The van der Waals surface area contributed by atoms with Crippen molar-refractivity contribution in [2.24, 2.45) is 0 Å². The number of nitrogens with one attached hydrogen (secondary N) is 1. The van der Waals surface area contributed by atoms with Crippen LogP contribution in [0.4, 0.5) is 5.69 Å². The van der Waals surface area contributed by atoms with Gasteiger partial charge in [-0.05, 0) is 24.3 Å². The van der Waals surface area contributed by atoms with Crippen molar-refractivity contribution in [3.63, 3.8) is 0 Å². The van der Waals surface area contributed by atoms with Gasteiger partial charge in [-0.1, -0.05) is 0 Å². The van der Waals surface area contributed by atoms with E-state index in [-0.39, 0.29) is 75.5 Å². The second-order valence-corrected chi connectivity index (χ2v) is 2.23. The van der Waals surface area contributed by atoms with Crippen molar-refractivity contribution in [3.05, 3.63) is 24.3 Å². The Balaban J connectivity index is -0.0000000252. The fourth-order valence-corrected chi connectivity index (χ4v) is 0.748. The average molecular weight is 283 g/mol. The second kappa shape index (κ2) is 21.5. The molecule has 0 bridgehead atoms. The summed E-state index contributed by atoms with van der Waals surface area (Å²) in [6, 6.07) is 6.31. The number of phenols is 1. The molecule has 0 aliphatic heterocycles. The maximum atomic E-state index is 10.5. The van der Waals surface area contributed by atoms with E-state index in [1.807, 2.05) is 0 Å². The van der Waals surface area contributed by atoms with Gasteiger partial charge in [-0.2, -0.15) is 0 Å². The van der Waals surface area contributed by atoms with Crippen molar-refractivity contribution in [1.29, 1.82) is 0 Å². The summed E-state index contributed by atoms with van der Waals surface area (Å²) >= 11 is 0. The van der Waals surface area contributed by atoms with E-state index in [1.54, 1.807) is 12.1 Å². The molecule has 1 aromatic rings. The third kappa shape index (κ3) is 17.6. The minimum atomic E-state index is -0.115. The first kappa shape index (κ1) is 43.4. The van der Waals surface area contributed by atoms with E-state index >= 15 is 0 Å². The average Bonchev–Trinajstić information content (AvgIpc) is 1.93. The van der Waals surface area contributed by atoms with Gasteiger partial charge >= 0.3 is 29.6 Å². The maximum absolute atomic E-state index is 10.5. The quantitative estimate of drug-likeness (QED) is 0.377. The van der Waals surface area contributed by atoms with Gasteiger partial charge in [0.2, 0.25) is 5.91 Å². The van der Waals surface area contributed by atoms with E-state index in [0.29, 0.717) is 5.69 Å². The Morgan fingerprint density at radius 1 is 1.00 bits per heavy atom. The Kier molecular flexibility index (Phi) is 51.8. The van der Waals surface area contributed by atoms with Crippen LogP contribution in [0.2, 0.25) is 0 Å². The molecule has 0 radical (unpaired) electrons. The van der Waals surface area contributed by atoms with Crippen LogP contribution in [0.15, 0.2) is 24.3 Å². The van der Waals surface area contributed by atoms with Crippen molar-refractivity contribution in [2.45, 2.75) is 6.92 Å². The van der Waals surface area contributed by atoms with Gasteiger partial charge in [-0.15, -0.1) is 0 Å². The number of hydrogen-bond donors (Lipinski definition) is 2. The molecule has 1 rings (SSSR count). The number of anilines is 1. The standard InChI is InChI=1S/C8H9NO2.Na.6H2O.H/c1-6(10)9-7-2-4-8(11)5-3-7;;;;;;;;/h2-5,11H,1H3,(H,9,10);;6*1H2;/q;+1;;;;;;;-1. The summed E-state index contributed by atoms with van der Waals surface area (Å²) in [7, 11) is 0. The molecule has 1 amide bonds. The monoisotopic (exact) mass is 283 g/mol. The van der Waals surface area contributed by atoms with Gasteiger partial charge in [-0.25, -0.2) is 0 Å². The van der Waals surface area contributed by atoms with Crippen LogP contribution < -0.4 is 34.9 Å². The summed E-state index contributed by atoms with van der Waals surface area (Å²) in [5, 5.41) is 11.5. The second-order valence-electron chi connectivity index (χ2n) is 2.23. The largest absolute Gasteiger partial charge is 1.00 e. The maximum Gasteiger partial charge on any atom is 1.00 e. The van der Waals surface area contributed by atoms with Gasteiger partial charge in [0, 0.05) is 12.6 Å². The van der Waals surface area contributed by atoms with E-state index in [4.69, 9.17) is 5.11 Å². The molecule has 0 aliphatic carbocycles. The van der Waals surface area contributed by atoms with Gasteiger partial charge in [0.1, 0.15) is 5.75 Å². The number of amides is 1. The molecule has 0 saturated heterocycles. The molecule has 1 aromatic carbocycles. The molecule has 0 heterocycles. The smallest absolute Gasteiger partial charge is 1.00 e. The molecule has 0 fully saturated rings. The van der Waals surface area contributed by atoms with E-state index in [0.717, 1.165) is 0 Å². The molecule has 0 saturated carbocycles. The summed E-state index contributed by atoms with van der Waals surface area (Å²) in [5.41, 5.74) is 0.690.